The van der Waals surface area contributed by atoms with Gasteiger partial charge in [-0.15, -0.1) is 0 Å². The molecule has 0 amide bonds. The molecular weight excluding hydrogens is 239 g/mol. The van der Waals surface area contributed by atoms with Crippen LogP contribution in [0.25, 0.3) is 0 Å². The fourth-order valence-corrected chi connectivity index (χ4v) is 3.10. The second-order valence-electron chi connectivity index (χ2n) is 6.17. The molecule has 1 saturated carbocycles. The molecule has 0 spiro atoms. The molecule has 1 aliphatic rings. The van der Waals surface area contributed by atoms with Gasteiger partial charge in [-0.1, -0.05) is 19.1 Å². The van der Waals surface area contributed by atoms with Crippen molar-refractivity contribution in [2.45, 2.75) is 38.8 Å². The van der Waals surface area contributed by atoms with Crippen molar-refractivity contribution in [3.8, 4) is 0 Å². The first-order valence-corrected chi connectivity index (χ1v) is 7.23. The molecule has 0 heterocycles. The Morgan fingerprint density at radius 2 is 1.95 bits per heavy atom. The van der Waals surface area contributed by atoms with E-state index in [1.165, 1.54) is 25.0 Å². The number of hydrogen-bond acceptors (Lipinski definition) is 2. The summed E-state index contributed by atoms with van der Waals surface area (Å²) in [6, 6.07) is 7.10. The molecule has 3 unspecified atom stereocenters. The Hall–Kier alpha value is -0.930. The van der Waals surface area contributed by atoms with E-state index in [9.17, 15) is 4.39 Å². The number of benzene rings is 1. The van der Waals surface area contributed by atoms with Crippen molar-refractivity contribution in [3.05, 3.63) is 35.6 Å². The summed E-state index contributed by atoms with van der Waals surface area (Å²) in [4.78, 5) is 2.30. The lowest BCUT2D eigenvalue weighted by molar-refractivity contribution is 0.177. The predicted molar refractivity (Wildman–Crippen MR) is 77.2 cm³/mol. The highest BCUT2D eigenvalue weighted by atomic mass is 19.1. The van der Waals surface area contributed by atoms with Crippen molar-refractivity contribution in [1.29, 1.82) is 0 Å². The molecule has 2 N–H and O–H groups in total. The average Bonchev–Trinajstić information content (AvgIpc) is 2.37. The van der Waals surface area contributed by atoms with Gasteiger partial charge in [0.15, 0.2) is 0 Å². The zero-order chi connectivity index (χ0) is 13.8. The normalized spacial score (nSPS) is 27.7. The Morgan fingerprint density at radius 1 is 1.26 bits per heavy atom. The highest BCUT2D eigenvalue weighted by Crippen LogP contribution is 2.28. The molecule has 3 heteroatoms. The molecule has 0 bridgehead atoms. The van der Waals surface area contributed by atoms with E-state index in [0.717, 1.165) is 31.0 Å². The molecule has 1 aromatic carbocycles. The lowest BCUT2D eigenvalue weighted by atomic mass is 9.79. The smallest absolute Gasteiger partial charge is 0.123 e. The van der Waals surface area contributed by atoms with Crippen LogP contribution in [0.5, 0.6) is 0 Å². The molecule has 0 saturated heterocycles. The van der Waals surface area contributed by atoms with Crippen molar-refractivity contribution >= 4 is 0 Å². The highest BCUT2D eigenvalue weighted by Gasteiger charge is 2.26. The molecule has 2 nitrogen and oxygen atoms in total. The van der Waals surface area contributed by atoms with Gasteiger partial charge in [-0.2, -0.15) is 0 Å². The van der Waals surface area contributed by atoms with Crippen LogP contribution in [-0.4, -0.2) is 24.5 Å². The van der Waals surface area contributed by atoms with Crippen LogP contribution < -0.4 is 5.73 Å². The lowest BCUT2D eigenvalue weighted by Crippen LogP contribution is -2.41. The number of nitrogens with zero attached hydrogens (tertiary/aromatic N) is 1. The molecule has 0 radical (unpaired) electrons. The minimum Gasteiger partial charge on any atom is -0.327 e. The fourth-order valence-electron chi connectivity index (χ4n) is 3.10. The summed E-state index contributed by atoms with van der Waals surface area (Å²) < 4.78 is 12.9. The van der Waals surface area contributed by atoms with Gasteiger partial charge in [0, 0.05) is 19.1 Å². The van der Waals surface area contributed by atoms with E-state index >= 15 is 0 Å². The third-order valence-corrected chi connectivity index (χ3v) is 4.22. The van der Waals surface area contributed by atoms with Crippen molar-refractivity contribution < 1.29 is 4.39 Å². The highest BCUT2D eigenvalue weighted by molar-refractivity contribution is 5.15. The second kappa shape index (κ2) is 6.49. The molecule has 0 aromatic heterocycles. The number of nitrogens with two attached hydrogens (primary N) is 1. The Kier molecular flexibility index (Phi) is 4.94. The summed E-state index contributed by atoms with van der Waals surface area (Å²) in [5, 5.41) is 0. The lowest BCUT2D eigenvalue weighted by Gasteiger charge is -2.35. The van der Waals surface area contributed by atoms with Crippen LogP contribution in [0, 0.1) is 17.7 Å². The summed E-state index contributed by atoms with van der Waals surface area (Å²) in [5.41, 5.74) is 7.38. The topological polar surface area (TPSA) is 29.3 Å². The van der Waals surface area contributed by atoms with E-state index in [1.54, 1.807) is 0 Å². The average molecular weight is 264 g/mol. The third kappa shape index (κ3) is 4.29. The van der Waals surface area contributed by atoms with Crippen LogP contribution in [0.3, 0.4) is 0 Å². The van der Waals surface area contributed by atoms with E-state index in [1.807, 2.05) is 12.1 Å². The summed E-state index contributed by atoms with van der Waals surface area (Å²) in [5.74, 6) is 1.22. The standard InChI is InChI=1S/C16H25FN2/c1-12-3-8-16(18)14(9-12)11-19(2)10-13-4-6-15(17)7-5-13/h4-7,12,14,16H,3,8-11,18H2,1-2H3. The molecular formula is C16H25FN2. The fraction of sp³-hybridized carbons (Fsp3) is 0.625. The maximum Gasteiger partial charge on any atom is 0.123 e. The zero-order valence-corrected chi connectivity index (χ0v) is 12.0. The maximum atomic E-state index is 12.9. The van der Waals surface area contributed by atoms with E-state index in [0.29, 0.717) is 12.0 Å². The van der Waals surface area contributed by atoms with Gasteiger partial charge in [-0.25, -0.2) is 4.39 Å². The van der Waals surface area contributed by atoms with Gasteiger partial charge in [-0.3, -0.25) is 0 Å². The summed E-state index contributed by atoms with van der Waals surface area (Å²) >= 11 is 0. The first-order valence-electron chi connectivity index (χ1n) is 7.23. The van der Waals surface area contributed by atoms with Gasteiger partial charge >= 0.3 is 0 Å². The van der Waals surface area contributed by atoms with Crippen LogP contribution in [0.2, 0.25) is 0 Å². The molecule has 1 fully saturated rings. The van der Waals surface area contributed by atoms with E-state index < -0.39 is 0 Å². The Bertz CT molecular complexity index is 390. The van der Waals surface area contributed by atoms with E-state index in [2.05, 4.69) is 18.9 Å². The van der Waals surface area contributed by atoms with Gasteiger partial charge in [0.2, 0.25) is 0 Å². The monoisotopic (exact) mass is 264 g/mol. The van der Waals surface area contributed by atoms with Gasteiger partial charge in [-0.05, 0) is 55.8 Å². The summed E-state index contributed by atoms with van der Waals surface area (Å²) in [6.45, 7) is 4.21. The van der Waals surface area contributed by atoms with E-state index in [-0.39, 0.29) is 5.82 Å². The Labute approximate surface area is 115 Å². The van der Waals surface area contributed by atoms with Crippen molar-refractivity contribution in [2.75, 3.05) is 13.6 Å². The van der Waals surface area contributed by atoms with Crippen LogP contribution in [0.1, 0.15) is 31.7 Å². The molecule has 19 heavy (non-hydrogen) atoms. The molecule has 1 aliphatic carbocycles. The first-order chi connectivity index (χ1) is 9.04. The van der Waals surface area contributed by atoms with Crippen LogP contribution in [-0.2, 0) is 6.54 Å². The van der Waals surface area contributed by atoms with Gasteiger partial charge in [0.25, 0.3) is 0 Å². The van der Waals surface area contributed by atoms with Crippen molar-refractivity contribution in [3.63, 3.8) is 0 Å². The number of rotatable bonds is 4. The van der Waals surface area contributed by atoms with Crippen molar-refractivity contribution in [2.24, 2.45) is 17.6 Å². The number of halogens is 1. The van der Waals surface area contributed by atoms with Gasteiger partial charge in [0.05, 0.1) is 0 Å². The molecule has 3 atom stereocenters. The van der Waals surface area contributed by atoms with Gasteiger partial charge < -0.3 is 10.6 Å². The molecule has 0 aliphatic heterocycles. The molecule has 2 rings (SSSR count). The van der Waals surface area contributed by atoms with Crippen LogP contribution in [0.4, 0.5) is 4.39 Å². The molecule has 106 valence electrons. The Morgan fingerprint density at radius 3 is 2.63 bits per heavy atom. The maximum absolute atomic E-state index is 12.9. The van der Waals surface area contributed by atoms with Crippen LogP contribution >= 0.6 is 0 Å². The third-order valence-electron chi connectivity index (χ3n) is 4.22. The first kappa shape index (κ1) is 14.5. The van der Waals surface area contributed by atoms with Crippen molar-refractivity contribution in [1.82, 2.24) is 4.90 Å². The minimum atomic E-state index is -0.172. The van der Waals surface area contributed by atoms with Gasteiger partial charge in [0.1, 0.15) is 5.82 Å². The largest absolute Gasteiger partial charge is 0.327 e. The predicted octanol–water partition coefficient (Wildman–Crippen LogP) is 3.02. The second-order valence-corrected chi connectivity index (χ2v) is 6.17. The number of hydrogen-bond donors (Lipinski definition) is 1. The minimum absolute atomic E-state index is 0.172. The Balaban J connectivity index is 1.86. The molecule has 1 aromatic rings. The zero-order valence-electron chi connectivity index (χ0n) is 12.0. The SMILES string of the molecule is CC1CCC(N)C(CN(C)Cc2ccc(F)cc2)C1. The summed E-state index contributed by atoms with van der Waals surface area (Å²) in [6.07, 6.45) is 3.64. The summed E-state index contributed by atoms with van der Waals surface area (Å²) in [7, 11) is 2.12. The quantitative estimate of drug-likeness (QED) is 0.905. The van der Waals surface area contributed by atoms with Crippen LogP contribution in [0.15, 0.2) is 24.3 Å². The van der Waals surface area contributed by atoms with E-state index in [4.69, 9.17) is 5.73 Å².